The summed E-state index contributed by atoms with van der Waals surface area (Å²) in [5.41, 5.74) is 2.80. The summed E-state index contributed by atoms with van der Waals surface area (Å²) in [6.07, 6.45) is 7.48. The molecule has 0 spiro atoms. The number of pyridine rings is 1. The monoisotopic (exact) mass is 767 g/mol. The molecule has 2 N–H and O–H groups in total. The summed E-state index contributed by atoms with van der Waals surface area (Å²) in [6, 6.07) is 22.4. The van der Waals surface area contributed by atoms with Gasteiger partial charge in [-0.25, -0.2) is 9.48 Å². The summed E-state index contributed by atoms with van der Waals surface area (Å²) >= 11 is 0. The molecule has 0 saturated carbocycles. The smallest absolute Gasteiger partial charge is 0.320 e. The summed E-state index contributed by atoms with van der Waals surface area (Å²) in [6.45, 7) is 6.53. The third-order valence-corrected chi connectivity index (χ3v) is 10.6. The Balaban J connectivity index is 1.07. The molecule has 1 aliphatic carbocycles. The minimum atomic E-state index is -3.59. The highest BCUT2D eigenvalue weighted by Gasteiger charge is 2.31. The lowest BCUT2D eigenvalue weighted by Crippen LogP contribution is -2.38. The van der Waals surface area contributed by atoms with Crippen molar-refractivity contribution in [1.82, 2.24) is 29.7 Å². The Morgan fingerprint density at radius 1 is 0.982 bits per heavy atom. The number of carbonyl (C=O) groups excluding carboxylic acids is 1. The van der Waals surface area contributed by atoms with Crippen LogP contribution in [0.4, 0.5) is 16.6 Å². The average molecular weight is 768 g/mol. The Morgan fingerprint density at radius 3 is 2.58 bits per heavy atom. The number of ether oxygens (including phenoxy) is 2. The van der Waals surface area contributed by atoms with Crippen LogP contribution in [-0.2, 0) is 19.7 Å². The fourth-order valence-electron chi connectivity index (χ4n) is 7.10. The molecular formula is C39H45N9O6S. The van der Waals surface area contributed by atoms with Crippen molar-refractivity contribution in [3.8, 4) is 23.3 Å². The standard InChI is InChI=1S/C39H45N9O6S/c1-26-10-7-8-19-46(26)38-44-43-35-18-15-29(24-47(35)38)54-33-17-16-32(30-13-5-6-14-31(30)33)41-37(49)42-36-23-34(39(2,3)25-40)45-48(36)27-11-9-12-28(22-27)52-20-21-53-55(4,50)51/h5-6,9,11-15,18,22-24,26,32-33H,7-8,10,16-17,19-21H2,1-4H3,(H2,41,42,49)/t26-,32-,33+/m0/s1. The maximum absolute atomic E-state index is 13.7. The van der Waals surface area contributed by atoms with Crippen LogP contribution in [0.5, 0.6) is 11.5 Å². The van der Waals surface area contributed by atoms with Crippen molar-refractivity contribution >= 4 is 33.6 Å². The number of carbonyl (C=O) groups is 1. The van der Waals surface area contributed by atoms with Crippen molar-refractivity contribution < 1.29 is 26.9 Å². The first-order chi connectivity index (χ1) is 26.4. The molecule has 0 unspecified atom stereocenters. The number of benzene rings is 2. The summed E-state index contributed by atoms with van der Waals surface area (Å²) in [4.78, 5) is 16.0. The normalized spacial score (nSPS) is 18.7. The highest BCUT2D eigenvalue weighted by molar-refractivity contribution is 7.85. The number of fused-ring (bicyclic) bond motifs is 2. The number of hydrogen-bond donors (Lipinski definition) is 2. The van der Waals surface area contributed by atoms with E-state index in [4.69, 9.17) is 18.8 Å². The zero-order chi connectivity index (χ0) is 38.7. The number of rotatable bonds is 12. The molecule has 2 amide bonds. The molecule has 288 valence electrons. The lowest BCUT2D eigenvalue weighted by atomic mass is 9.85. The first-order valence-corrected chi connectivity index (χ1v) is 20.2. The maximum atomic E-state index is 13.7. The van der Waals surface area contributed by atoms with Crippen LogP contribution in [0.2, 0.25) is 0 Å². The summed E-state index contributed by atoms with van der Waals surface area (Å²) in [5, 5.41) is 29.6. The second kappa shape index (κ2) is 15.6. The van der Waals surface area contributed by atoms with Gasteiger partial charge in [-0.3, -0.25) is 13.9 Å². The Kier molecular flexibility index (Phi) is 10.7. The highest BCUT2D eigenvalue weighted by Crippen LogP contribution is 2.39. The van der Waals surface area contributed by atoms with E-state index in [0.29, 0.717) is 47.6 Å². The molecule has 5 aromatic rings. The highest BCUT2D eigenvalue weighted by atomic mass is 32.2. The van der Waals surface area contributed by atoms with E-state index in [-0.39, 0.29) is 25.4 Å². The zero-order valence-corrected chi connectivity index (χ0v) is 32.1. The van der Waals surface area contributed by atoms with Crippen molar-refractivity contribution in [2.45, 2.75) is 76.5 Å². The van der Waals surface area contributed by atoms with Gasteiger partial charge in [0.1, 0.15) is 36.6 Å². The van der Waals surface area contributed by atoms with E-state index in [9.17, 15) is 18.5 Å². The number of urea groups is 1. The second-order valence-corrected chi connectivity index (χ2v) is 16.2. The van der Waals surface area contributed by atoms with E-state index in [1.165, 1.54) is 11.1 Å². The molecule has 1 saturated heterocycles. The number of anilines is 2. The third kappa shape index (κ3) is 8.53. The van der Waals surface area contributed by atoms with Gasteiger partial charge < -0.3 is 19.7 Å². The van der Waals surface area contributed by atoms with Crippen molar-refractivity contribution in [3.05, 3.63) is 89.7 Å². The number of piperidine rings is 1. The number of aromatic nitrogens is 5. The quantitative estimate of drug-likeness (QED) is 0.109. The average Bonchev–Trinajstić information content (AvgIpc) is 3.79. The Labute approximate surface area is 320 Å². The fourth-order valence-corrected chi connectivity index (χ4v) is 7.47. The van der Waals surface area contributed by atoms with Gasteiger partial charge in [-0.15, -0.1) is 10.2 Å². The first kappa shape index (κ1) is 37.6. The van der Waals surface area contributed by atoms with E-state index in [0.717, 1.165) is 48.4 Å². The third-order valence-electron chi connectivity index (χ3n) is 10.0. The first-order valence-electron chi connectivity index (χ1n) is 18.4. The van der Waals surface area contributed by atoms with Crippen molar-refractivity contribution in [1.29, 1.82) is 5.26 Å². The van der Waals surface area contributed by atoms with E-state index < -0.39 is 21.6 Å². The Morgan fingerprint density at radius 2 is 1.80 bits per heavy atom. The minimum Gasteiger partial charge on any atom is -0.491 e. The lowest BCUT2D eigenvalue weighted by molar-refractivity contribution is 0.171. The van der Waals surface area contributed by atoms with Gasteiger partial charge in [-0.2, -0.15) is 18.8 Å². The van der Waals surface area contributed by atoms with E-state index in [1.54, 1.807) is 44.2 Å². The molecule has 0 bridgehead atoms. The fraction of sp³-hybridized carbons (Fsp3) is 0.410. The van der Waals surface area contributed by atoms with Crippen LogP contribution in [-0.4, -0.2) is 70.9 Å². The Hall–Kier alpha value is -5.66. The van der Waals surface area contributed by atoms with Crippen LogP contribution < -0.4 is 25.0 Å². The number of hydrogen-bond acceptors (Lipinski definition) is 11. The van der Waals surface area contributed by atoms with Crippen LogP contribution in [0.1, 0.15) is 81.8 Å². The van der Waals surface area contributed by atoms with Crippen molar-refractivity contribution in [2.24, 2.45) is 0 Å². The number of nitrogens with one attached hydrogen (secondary N) is 2. The van der Waals surface area contributed by atoms with Gasteiger partial charge in [0.15, 0.2) is 5.65 Å². The van der Waals surface area contributed by atoms with Crippen molar-refractivity contribution in [2.75, 3.05) is 36.2 Å². The topological polar surface area (TPSA) is 178 Å². The van der Waals surface area contributed by atoms with E-state index in [1.807, 2.05) is 47.0 Å². The molecule has 0 radical (unpaired) electrons. The summed E-state index contributed by atoms with van der Waals surface area (Å²) in [7, 11) is -3.59. The SMILES string of the molecule is C[C@H]1CCCCN1c1nnc2ccc(O[C@@H]3CC[C@H](NC(=O)Nc4cc(C(C)(C)C#N)nn4-c4cccc(OCCOS(C)(=O)=O)c4)c4ccccc43)cn12. The largest absolute Gasteiger partial charge is 0.491 e. The molecule has 4 heterocycles. The lowest BCUT2D eigenvalue weighted by Gasteiger charge is -2.33. The van der Waals surface area contributed by atoms with E-state index in [2.05, 4.69) is 38.7 Å². The second-order valence-electron chi connectivity index (χ2n) is 14.5. The summed E-state index contributed by atoms with van der Waals surface area (Å²) < 4.78 is 43.3. The summed E-state index contributed by atoms with van der Waals surface area (Å²) in [5.74, 6) is 2.33. The molecule has 2 aliphatic rings. The molecular weight excluding hydrogens is 723 g/mol. The zero-order valence-electron chi connectivity index (χ0n) is 31.3. The number of amides is 2. The molecule has 16 heteroatoms. The maximum Gasteiger partial charge on any atom is 0.320 e. The van der Waals surface area contributed by atoms with Crippen LogP contribution in [0.25, 0.3) is 11.3 Å². The molecule has 3 aromatic heterocycles. The molecule has 55 heavy (non-hydrogen) atoms. The number of nitriles is 1. The van der Waals surface area contributed by atoms with Gasteiger partial charge in [-0.1, -0.05) is 30.3 Å². The minimum absolute atomic E-state index is 0.000943. The van der Waals surface area contributed by atoms with Gasteiger partial charge in [0, 0.05) is 24.7 Å². The molecule has 2 aromatic carbocycles. The van der Waals surface area contributed by atoms with Crippen LogP contribution in [0, 0.1) is 11.3 Å². The predicted molar refractivity (Wildman–Crippen MR) is 206 cm³/mol. The number of nitrogens with zero attached hydrogens (tertiary/aromatic N) is 7. The Bertz CT molecular complexity index is 2330. The van der Waals surface area contributed by atoms with Gasteiger partial charge in [-0.05, 0) is 88.3 Å². The molecule has 7 rings (SSSR count). The van der Waals surface area contributed by atoms with Crippen LogP contribution in [0.15, 0.2) is 72.9 Å². The van der Waals surface area contributed by atoms with Gasteiger partial charge in [0.05, 0.1) is 41.4 Å². The van der Waals surface area contributed by atoms with Crippen molar-refractivity contribution in [3.63, 3.8) is 0 Å². The van der Waals surface area contributed by atoms with Crippen LogP contribution in [0.3, 0.4) is 0 Å². The molecule has 3 atom stereocenters. The molecule has 1 fully saturated rings. The molecule has 15 nitrogen and oxygen atoms in total. The van der Waals surface area contributed by atoms with E-state index >= 15 is 0 Å². The molecule has 1 aliphatic heterocycles. The van der Waals surface area contributed by atoms with Crippen LogP contribution >= 0.6 is 0 Å². The van der Waals surface area contributed by atoms with Gasteiger partial charge in [0.25, 0.3) is 10.1 Å². The van der Waals surface area contributed by atoms with Gasteiger partial charge >= 0.3 is 6.03 Å². The van der Waals surface area contributed by atoms with Gasteiger partial charge in [0.2, 0.25) is 5.95 Å². The predicted octanol–water partition coefficient (Wildman–Crippen LogP) is 6.23.